The van der Waals surface area contributed by atoms with Crippen LogP contribution in [0.1, 0.15) is 29.1 Å². The molecule has 0 atom stereocenters. The highest BCUT2D eigenvalue weighted by atomic mass is 16.5. The number of methoxy groups -OCH3 is 1. The summed E-state index contributed by atoms with van der Waals surface area (Å²) in [5, 5.41) is 5.79. The number of rotatable bonds is 7. The molecule has 3 aromatic heterocycles. The van der Waals surface area contributed by atoms with E-state index in [1.54, 1.807) is 13.4 Å². The summed E-state index contributed by atoms with van der Waals surface area (Å²) in [6.07, 6.45) is 3.55. The number of aromatic nitrogens is 5. The fourth-order valence-electron chi connectivity index (χ4n) is 4.53. The third kappa shape index (κ3) is 3.96. The first kappa shape index (κ1) is 20.9. The second-order valence-electron chi connectivity index (χ2n) is 8.43. The molecule has 168 valence electrons. The standard InChI is InChI=1S/C24H30N6O2/c1-17-18(2)29(10-4-9-28-11-13-32-14-12-28)23-22(17)24-26-21(27-30(24)16-25-23)15-19-5-7-20(31-3)8-6-19/h5-8,16H,4,9-15H2,1-3H3. The predicted octanol–water partition coefficient (Wildman–Crippen LogP) is 3.02. The second kappa shape index (κ2) is 8.88. The fourth-order valence-corrected chi connectivity index (χ4v) is 4.53. The maximum atomic E-state index is 5.46. The van der Waals surface area contributed by atoms with Crippen LogP contribution in [0.3, 0.4) is 0 Å². The summed E-state index contributed by atoms with van der Waals surface area (Å²) in [7, 11) is 1.68. The molecule has 5 rings (SSSR count). The molecule has 8 nitrogen and oxygen atoms in total. The first-order valence-corrected chi connectivity index (χ1v) is 11.3. The van der Waals surface area contributed by atoms with Gasteiger partial charge in [-0.25, -0.2) is 14.5 Å². The van der Waals surface area contributed by atoms with E-state index in [0.29, 0.717) is 6.42 Å². The van der Waals surface area contributed by atoms with Crippen molar-refractivity contribution in [3.63, 3.8) is 0 Å². The van der Waals surface area contributed by atoms with Crippen molar-refractivity contribution in [2.24, 2.45) is 0 Å². The quantitative estimate of drug-likeness (QED) is 0.445. The lowest BCUT2D eigenvalue weighted by molar-refractivity contribution is 0.0369. The molecule has 0 amide bonds. The molecule has 0 aliphatic carbocycles. The highest BCUT2D eigenvalue weighted by molar-refractivity contribution is 5.93. The molecule has 0 radical (unpaired) electrons. The molecule has 1 aromatic carbocycles. The van der Waals surface area contributed by atoms with E-state index in [1.807, 2.05) is 16.6 Å². The van der Waals surface area contributed by atoms with E-state index in [1.165, 1.54) is 11.3 Å². The van der Waals surface area contributed by atoms with Gasteiger partial charge >= 0.3 is 0 Å². The van der Waals surface area contributed by atoms with Gasteiger partial charge in [-0.2, -0.15) is 0 Å². The molecular weight excluding hydrogens is 404 g/mol. The van der Waals surface area contributed by atoms with Gasteiger partial charge in [-0.05, 0) is 43.5 Å². The van der Waals surface area contributed by atoms with Crippen molar-refractivity contribution >= 4 is 16.7 Å². The van der Waals surface area contributed by atoms with Crippen molar-refractivity contribution in [3.05, 3.63) is 53.2 Å². The number of benzene rings is 1. The maximum absolute atomic E-state index is 5.46. The molecule has 0 saturated carbocycles. The minimum atomic E-state index is 0.672. The van der Waals surface area contributed by atoms with Gasteiger partial charge in [0.15, 0.2) is 11.5 Å². The van der Waals surface area contributed by atoms with Crippen molar-refractivity contribution in [1.29, 1.82) is 0 Å². The van der Waals surface area contributed by atoms with Crippen LogP contribution >= 0.6 is 0 Å². The van der Waals surface area contributed by atoms with E-state index in [4.69, 9.17) is 19.4 Å². The summed E-state index contributed by atoms with van der Waals surface area (Å²) in [4.78, 5) is 12.1. The Morgan fingerprint density at radius 1 is 1.03 bits per heavy atom. The largest absolute Gasteiger partial charge is 0.497 e. The molecule has 0 N–H and O–H groups in total. The lowest BCUT2D eigenvalue weighted by Gasteiger charge is -2.26. The molecule has 8 heteroatoms. The van der Waals surface area contributed by atoms with E-state index in [2.05, 4.69) is 40.5 Å². The van der Waals surface area contributed by atoms with Gasteiger partial charge in [0.05, 0.1) is 25.7 Å². The average Bonchev–Trinajstić information content (AvgIpc) is 3.34. The van der Waals surface area contributed by atoms with Crippen molar-refractivity contribution < 1.29 is 9.47 Å². The maximum Gasteiger partial charge on any atom is 0.168 e. The molecular formula is C24H30N6O2. The van der Waals surface area contributed by atoms with E-state index in [0.717, 1.165) is 79.6 Å². The Bertz CT molecular complexity index is 1220. The number of hydrogen-bond acceptors (Lipinski definition) is 6. The van der Waals surface area contributed by atoms with Crippen LogP contribution in [-0.2, 0) is 17.7 Å². The first-order chi connectivity index (χ1) is 15.6. The Kier molecular flexibility index (Phi) is 5.80. The number of morpholine rings is 1. The Morgan fingerprint density at radius 2 is 1.81 bits per heavy atom. The Hall–Kier alpha value is -2.97. The Balaban J connectivity index is 1.40. The van der Waals surface area contributed by atoms with Gasteiger partial charge in [-0.1, -0.05) is 12.1 Å². The molecule has 1 fully saturated rings. The SMILES string of the molecule is COc1ccc(Cc2nc3c4c(C)c(C)n(CCCN5CCOCC5)c4ncn3n2)cc1. The van der Waals surface area contributed by atoms with Gasteiger partial charge in [0.1, 0.15) is 17.7 Å². The molecule has 1 saturated heterocycles. The number of nitrogens with zero attached hydrogens (tertiary/aromatic N) is 6. The van der Waals surface area contributed by atoms with Crippen LogP contribution in [-0.4, -0.2) is 69.0 Å². The zero-order chi connectivity index (χ0) is 22.1. The van der Waals surface area contributed by atoms with Gasteiger partial charge in [0.25, 0.3) is 0 Å². The lowest BCUT2D eigenvalue weighted by atomic mass is 10.1. The Labute approximate surface area is 187 Å². The van der Waals surface area contributed by atoms with Crippen molar-refractivity contribution in [2.75, 3.05) is 40.0 Å². The van der Waals surface area contributed by atoms with Gasteiger partial charge < -0.3 is 14.0 Å². The number of aryl methyl sites for hydroxylation is 2. The van der Waals surface area contributed by atoms with Gasteiger partial charge in [0.2, 0.25) is 0 Å². The minimum Gasteiger partial charge on any atom is -0.497 e. The average molecular weight is 435 g/mol. The molecule has 1 aliphatic heterocycles. The fraction of sp³-hybridized carbons (Fsp3) is 0.458. The van der Waals surface area contributed by atoms with E-state index < -0.39 is 0 Å². The van der Waals surface area contributed by atoms with Gasteiger partial charge in [0, 0.05) is 38.3 Å². The molecule has 32 heavy (non-hydrogen) atoms. The highest BCUT2D eigenvalue weighted by Crippen LogP contribution is 2.27. The normalized spacial score (nSPS) is 15.1. The highest BCUT2D eigenvalue weighted by Gasteiger charge is 2.18. The molecule has 0 unspecified atom stereocenters. The third-order valence-electron chi connectivity index (χ3n) is 6.47. The van der Waals surface area contributed by atoms with Crippen LogP contribution in [0.4, 0.5) is 0 Å². The summed E-state index contributed by atoms with van der Waals surface area (Å²) in [6.45, 7) is 10.1. The monoisotopic (exact) mass is 434 g/mol. The summed E-state index contributed by atoms with van der Waals surface area (Å²) >= 11 is 0. The first-order valence-electron chi connectivity index (χ1n) is 11.3. The summed E-state index contributed by atoms with van der Waals surface area (Å²) in [6, 6.07) is 8.04. The zero-order valence-electron chi connectivity index (χ0n) is 19.0. The van der Waals surface area contributed by atoms with E-state index in [-0.39, 0.29) is 0 Å². The van der Waals surface area contributed by atoms with E-state index >= 15 is 0 Å². The van der Waals surface area contributed by atoms with Crippen LogP contribution in [0.25, 0.3) is 16.7 Å². The molecule has 0 spiro atoms. The Morgan fingerprint density at radius 3 is 2.56 bits per heavy atom. The number of fused-ring (bicyclic) bond motifs is 3. The predicted molar refractivity (Wildman–Crippen MR) is 123 cm³/mol. The van der Waals surface area contributed by atoms with E-state index in [9.17, 15) is 0 Å². The van der Waals surface area contributed by atoms with Crippen LogP contribution in [0, 0.1) is 13.8 Å². The van der Waals surface area contributed by atoms with Crippen LogP contribution in [0.2, 0.25) is 0 Å². The van der Waals surface area contributed by atoms with Crippen LogP contribution in [0.15, 0.2) is 30.6 Å². The molecule has 0 bridgehead atoms. The van der Waals surface area contributed by atoms with Crippen molar-refractivity contribution in [2.45, 2.75) is 33.2 Å². The molecule has 4 heterocycles. The lowest BCUT2D eigenvalue weighted by Crippen LogP contribution is -2.37. The zero-order valence-corrected chi connectivity index (χ0v) is 19.0. The smallest absolute Gasteiger partial charge is 0.168 e. The summed E-state index contributed by atoms with van der Waals surface area (Å²) < 4.78 is 14.9. The minimum absolute atomic E-state index is 0.672. The van der Waals surface area contributed by atoms with Crippen LogP contribution in [0.5, 0.6) is 5.75 Å². The summed E-state index contributed by atoms with van der Waals surface area (Å²) in [5.41, 5.74) is 5.51. The van der Waals surface area contributed by atoms with Crippen LogP contribution < -0.4 is 4.74 Å². The van der Waals surface area contributed by atoms with Crippen molar-refractivity contribution in [1.82, 2.24) is 29.0 Å². The second-order valence-corrected chi connectivity index (χ2v) is 8.43. The number of hydrogen-bond donors (Lipinski definition) is 0. The van der Waals surface area contributed by atoms with Gasteiger partial charge in [-0.3, -0.25) is 4.90 Å². The van der Waals surface area contributed by atoms with Gasteiger partial charge in [-0.15, -0.1) is 5.10 Å². The summed E-state index contributed by atoms with van der Waals surface area (Å²) in [5.74, 6) is 1.64. The van der Waals surface area contributed by atoms with Crippen molar-refractivity contribution in [3.8, 4) is 5.75 Å². The molecule has 1 aliphatic rings. The number of ether oxygens (including phenoxy) is 2. The molecule has 4 aromatic rings. The third-order valence-corrected chi connectivity index (χ3v) is 6.47. The topological polar surface area (TPSA) is 69.7 Å².